The highest BCUT2D eigenvalue weighted by Crippen LogP contribution is 2.45. The smallest absolute Gasteiger partial charge is 0.240 e. The van der Waals surface area contributed by atoms with Gasteiger partial charge in [-0.15, -0.1) is 0 Å². The van der Waals surface area contributed by atoms with Crippen molar-refractivity contribution in [2.24, 2.45) is 11.3 Å². The summed E-state index contributed by atoms with van der Waals surface area (Å²) >= 11 is 0. The molecule has 0 aromatic carbocycles. The Morgan fingerprint density at radius 1 is 1.38 bits per heavy atom. The zero-order valence-electron chi connectivity index (χ0n) is 10.2. The number of carbonyl (C=O) groups is 1. The lowest BCUT2D eigenvalue weighted by molar-refractivity contribution is -0.135. The number of amides is 1. The van der Waals surface area contributed by atoms with Crippen LogP contribution in [0.25, 0.3) is 0 Å². The summed E-state index contributed by atoms with van der Waals surface area (Å²) in [4.78, 5) is 12.2. The van der Waals surface area contributed by atoms with E-state index in [1.165, 1.54) is 12.8 Å². The van der Waals surface area contributed by atoms with E-state index >= 15 is 0 Å². The molecule has 0 saturated heterocycles. The van der Waals surface area contributed by atoms with Crippen molar-refractivity contribution in [3.63, 3.8) is 0 Å². The molecule has 1 N–H and O–H groups in total. The Balaban J connectivity index is 2.00. The Bertz CT molecular complexity index is 330. The lowest BCUT2D eigenvalue weighted by atomic mass is 9.63. The van der Waals surface area contributed by atoms with E-state index in [0.717, 1.165) is 25.7 Å². The first-order chi connectivity index (χ1) is 7.50. The average molecular weight is 220 g/mol. The molecule has 88 valence electrons. The number of nitrogens with one attached hydrogen (secondary N) is 1. The number of rotatable bonds is 2. The maximum Gasteiger partial charge on any atom is 0.240 e. The van der Waals surface area contributed by atoms with Crippen LogP contribution in [-0.4, -0.2) is 11.4 Å². The topological polar surface area (TPSA) is 52.9 Å². The van der Waals surface area contributed by atoms with Crippen LogP contribution in [0.3, 0.4) is 0 Å². The second-order valence-electron chi connectivity index (χ2n) is 5.93. The van der Waals surface area contributed by atoms with Gasteiger partial charge in [0.2, 0.25) is 5.91 Å². The Morgan fingerprint density at radius 3 is 2.38 bits per heavy atom. The highest BCUT2D eigenvalue weighted by atomic mass is 16.2. The molecule has 3 heteroatoms. The van der Waals surface area contributed by atoms with Crippen molar-refractivity contribution >= 4 is 5.91 Å². The number of hydrogen-bond donors (Lipinski definition) is 1. The largest absolute Gasteiger partial charge is 0.350 e. The van der Waals surface area contributed by atoms with E-state index in [9.17, 15) is 10.1 Å². The van der Waals surface area contributed by atoms with E-state index < -0.39 is 5.41 Å². The van der Waals surface area contributed by atoms with Gasteiger partial charge in [-0.05, 0) is 38.5 Å². The fourth-order valence-corrected chi connectivity index (χ4v) is 3.13. The number of nitrogens with zero attached hydrogens (tertiary/aromatic N) is 1. The monoisotopic (exact) mass is 220 g/mol. The van der Waals surface area contributed by atoms with Crippen molar-refractivity contribution < 1.29 is 4.79 Å². The third-order valence-electron chi connectivity index (χ3n) is 4.16. The van der Waals surface area contributed by atoms with E-state index in [2.05, 4.69) is 25.2 Å². The molecule has 0 aliphatic heterocycles. The zero-order chi connectivity index (χ0) is 11.8. The van der Waals surface area contributed by atoms with E-state index in [4.69, 9.17) is 0 Å². The first-order valence-corrected chi connectivity index (χ1v) is 6.24. The van der Waals surface area contributed by atoms with Gasteiger partial charge in [-0.2, -0.15) is 5.26 Å². The summed E-state index contributed by atoms with van der Waals surface area (Å²) < 4.78 is 0. The van der Waals surface area contributed by atoms with Crippen LogP contribution in [0.2, 0.25) is 0 Å². The van der Waals surface area contributed by atoms with Crippen LogP contribution < -0.4 is 5.32 Å². The predicted octanol–water partition coefficient (Wildman–Crippen LogP) is 2.38. The number of carbonyl (C=O) groups excluding carboxylic acids is 1. The predicted molar refractivity (Wildman–Crippen MR) is 61.5 cm³/mol. The standard InChI is InChI=1S/C13H20N2O/c1-10-7-13(8-10,9-14)11(16)15-12(2)5-3-4-6-12/h10H,3-8H2,1-2H3,(H,15,16). The van der Waals surface area contributed by atoms with Crippen molar-refractivity contribution in [2.45, 2.75) is 57.9 Å². The van der Waals surface area contributed by atoms with Crippen molar-refractivity contribution in [1.82, 2.24) is 5.32 Å². The van der Waals surface area contributed by atoms with Crippen LogP contribution in [0.4, 0.5) is 0 Å². The fourth-order valence-electron chi connectivity index (χ4n) is 3.13. The molecule has 2 aliphatic rings. The second-order valence-corrected chi connectivity index (χ2v) is 5.93. The Hall–Kier alpha value is -1.04. The third kappa shape index (κ3) is 1.81. The van der Waals surface area contributed by atoms with Gasteiger partial charge in [0.25, 0.3) is 0 Å². The molecule has 2 aliphatic carbocycles. The molecular weight excluding hydrogens is 200 g/mol. The Morgan fingerprint density at radius 2 is 1.94 bits per heavy atom. The molecule has 0 bridgehead atoms. The summed E-state index contributed by atoms with van der Waals surface area (Å²) in [6.07, 6.45) is 5.93. The maximum atomic E-state index is 12.2. The number of nitriles is 1. The van der Waals surface area contributed by atoms with Gasteiger partial charge >= 0.3 is 0 Å². The van der Waals surface area contributed by atoms with Crippen LogP contribution in [0.1, 0.15) is 52.4 Å². The van der Waals surface area contributed by atoms with Crippen LogP contribution in [0.5, 0.6) is 0 Å². The average Bonchev–Trinajstić information content (AvgIpc) is 2.59. The fraction of sp³-hybridized carbons (Fsp3) is 0.846. The molecule has 2 rings (SSSR count). The van der Waals surface area contributed by atoms with Crippen molar-refractivity contribution in [3.05, 3.63) is 0 Å². The van der Waals surface area contributed by atoms with Gasteiger partial charge in [-0.1, -0.05) is 19.8 Å². The van der Waals surface area contributed by atoms with Gasteiger partial charge in [0.15, 0.2) is 0 Å². The van der Waals surface area contributed by atoms with Gasteiger partial charge in [0.1, 0.15) is 5.41 Å². The number of hydrogen-bond acceptors (Lipinski definition) is 2. The molecule has 0 unspecified atom stereocenters. The van der Waals surface area contributed by atoms with Crippen LogP contribution >= 0.6 is 0 Å². The van der Waals surface area contributed by atoms with E-state index in [-0.39, 0.29) is 11.4 Å². The SMILES string of the molecule is CC1CC(C#N)(C(=O)NC2(C)CCCC2)C1. The second kappa shape index (κ2) is 3.76. The first kappa shape index (κ1) is 11.4. The summed E-state index contributed by atoms with van der Waals surface area (Å²) in [6.45, 7) is 4.20. The summed E-state index contributed by atoms with van der Waals surface area (Å²) in [7, 11) is 0. The maximum absolute atomic E-state index is 12.2. The van der Waals surface area contributed by atoms with Gasteiger partial charge in [0, 0.05) is 5.54 Å². The molecule has 2 saturated carbocycles. The molecule has 16 heavy (non-hydrogen) atoms. The molecular formula is C13H20N2O. The highest BCUT2D eigenvalue weighted by Gasteiger charge is 2.50. The van der Waals surface area contributed by atoms with Crippen molar-refractivity contribution in [3.8, 4) is 6.07 Å². The summed E-state index contributed by atoms with van der Waals surface area (Å²) in [5.41, 5.74) is -0.773. The van der Waals surface area contributed by atoms with Crippen molar-refractivity contribution in [2.75, 3.05) is 0 Å². The molecule has 0 atom stereocenters. The van der Waals surface area contributed by atoms with Crippen molar-refractivity contribution in [1.29, 1.82) is 5.26 Å². The molecule has 0 aromatic heterocycles. The van der Waals surface area contributed by atoms with Crippen LogP contribution in [-0.2, 0) is 4.79 Å². The van der Waals surface area contributed by atoms with Crippen LogP contribution in [0.15, 0.2) is 0 Å². The zero-order valence-corrected chi connectivity index (χ0v) is 10.2. The highest BCUT2D eigenvalue weighted by molar-refractivity contribution is 5.87. The molecule has 0 aromatic rings. The van der Waals surface area contributed by atoms with E-state index in [0.29, 0.717) is 5.92 Å². The normalized spacial score (nSPS) is 36.2. The molecule has 1 amide bonds. The van der Waals surface area contributed by atoms with Gasteiger partial charge in [0.05, 0.1) is 6.07 Å². The van der Waals surface area contributed by atoms with Gasteiger partial charge in [-0.3, -0.25) is 4.79 Å². The Labute approximate surface area is 97.2 Å². The third-order valence-corrected chi connectivity index (χ3v) is 4.16. The summed E-state index contributed by atoms with van der Waals surface area (Å²) in [6, 6.07) is 2.22. The minimum absolute atomic E-state index is 0.0301. The lowest BCUT2D eigenvalue weighted by Crippen LogP contribution is -2.54. The minimum Gasteiger partial charge on any atom is -0.350 e. The lowest BCUT2D eigenvalue weighted by Gasteiger charge is -2.41. The molecule has 0 heterocycles. The first-order valence-electron chi connectivity index (χ1n) is 6.24. The van der Waals surface area contributed by atoms with E-state index in [1.54, 1.807) is 0 Å². The van der Waals surface area contributed by atoms with Gasteiger partial charge < -0.3 is 5.32 Å². The van der Waals surface area contributed by atoms with E-state index in [1.807, 2.05) is 0 Å². The quantitative estimate of drug-likeness (QED) is 0.776. The molecule has 0 radical (unpaired) electrons. The molecule has 3 nitrogen and oxygen atoms in total. The summed E-state index contributed by atoms with van der Waals surface area (Å²) in [5, 5.41) is 12.3. The van der Waals surface area contributed by atoms with Gasteiger partial charge in [-0.25, -0.2) is 0 Å². The molecule has 2 fully saturated rings. The summed E-state index contributed by atoms with van der Waals surface area (Å²) in [5.74, 6) is 0.485. The molecule has 0 spiro atoms. The minimum atomic E-state index is -0.717. The Kier molecular flexibility index (Phi) is 2.69. The van der Waals surface area contributed by atoms with Crippen LogP contribution in [0, 0.1) is 22.7 Å².